The zero-order chi connectivity index (χ0) is 13.1. The molecule has 0 aliphatic heterocycles. The van der Waals surface area contributed by atoms with Gasteiger partial charge < -0.3 is 15.4 Å². The van der Waals surface area contributed by atoms with Gasteiger partial charge in [0.25, 0.3) is 5.22 Å². The van der Waals surface area contributed by atoms with E-state index in [-0.39, 0.29) is 5.84 Å². The van der Waals surface area contributed by atoms with Crippen LogP contribution in [0.1, 0.15) is 17.0 Å². The molecule has 94 valence electrons. The summed E-state index contributed by atoms with van der Waals surface area (Å²) in [6, 6.07) is 1.67. The number of oxazole rings is 1. The van der Waals surface area contributed by atoms with E-state index < -0.39 is 0 Å². The highest BCUT2D eigenvalue weighted by Crippen LogP contribution is 2.30. The highest BCUT2D eigenvalue weighted by Gasteiger charge is 2.12. The number of aromatic nitrogens is 2. The van der Waals surface area contributed by atoms with Gasteiger partial charge in [-0.25, -0.2) is 4.98 Å². The number of rotatable bonds is 3. The van der Waals surface area contributed by atoms with E-state index in [9.17, 15) is 0 Å². The van der Waals surface area contributed by atoms with Crippen molar-refractivity contribution in [2.75, 3.05) is 0 Å². The second kappa shape index (κ2) is 5.09. The third kappa shape index (κ3) is 2.45. The van der Waals surface area contributed by atoms with Crippen LogP contribution < -0.4 is 5.73 Å². The maximum Gasteiger partial charge on any atom is 0.261 e. The number of aryl methyl sites for hydroxylation is 2. The lowest BCUT2D eigenvalue weighted by atomic mass is 10.2. The topological polar surface area (TPSA) is 97.5 Å². The molecule has 18 heavy (non-hydrogen) atoms. The van der Waals surface area contributed by atoms with Crippen LogP contribution in [0, 0.1) is 13.8 Å². The molecule has 7 heteroatoms. The number of hydrogen-bond donors (Lipinski definition) is 2. The molecule has 2 aromatic rings. The van der Waals surface area contributed by atoms with E-state index in [0.29, 0.717) is 15.7 Å². The van der Waals surface area contributed by atoms with Crippen LogP contribution in [0.3, 0.4) is 0 Å². The smallest absolute Gasteiger partial charge is 0.261 e. The van der Waals surface area contributed by atoms with Crippen molar-refractivity contribution in [1.82, 2.24) is 9.97 Å². The minimum Gasteiger partial charge on any atom is -0.436 e. The monoisotopic (exact) mass is 264 g/mol. The third-order valence-electron chi connectivity index (χ3n) is 2.37. The summed E-state index contributed by atoms with van der Waals surface area (Å²) < 4.78 is 5.47. The quantitative estimate of drug-likeness (QED) is 0.380. The van der Waals surface area contributed by atoms with Crippen molar-refractivity contribution < 1.29 is 9.62 Å². The Balaban J connectivity index is 2.34. The van der Waals surface area contributed by atoms with E-state index in [4.69, 9.17) is 15.4 Å². The average molecular weight is 264 g/mol. The fourth-order valence-electron chi connectivity index (χ4n) is 1.31. The van der Waals surface area contributed by atoms with E-state index in [1.165, 1.54) is 11.8 Å². The predicted octanol–water partition coefficient (Wildman–Crippen LogP) is 1.93. The molecule has 0 aliphatic carbocycles. The van der Waals surface area contributed by atoms with Gasteiger partial charge in [0.1, 0.15) is 5.76 Å². The van der Waals surface area contributed by atoms with Crippen LogP contribution in [-0.2, 0) is 0 Å². The molecule has 0 aromatic carbocycles. The number of nitrogens with zero attached hydrogens (tertiary/aromatic N) is 3. The van der Waals surface area contributed by atoms with E-state index >= 15 is 0 Å². The number of oxime groups is 1. The molecule has 0 aliphatic rings. The summed E-state index contributed by atoms with van der Waals surface area (Å²) in [5.41, 5.74) is 7.02. The molecule has 0 radical (unpaired) electrons. The van der Waals surface area contributed by atoms with Gasteiger partial charge >= 0.3 is 0 Å². The van der Waals surface area contributed by atoms with Crippen LogP contribution in [0.4, 0.5) is 0 Å². The van der Waals surface area contributed by atoms with Crippen LogP contribution in [0.15, 0.2) is 38.2 Å². The fourth-order valence-corrected chi connectivity index (χ4v) is 2.24. The molecule has 0 saturated carbocycles. The van der Waals surface area contributed by atoms with Gasteiger partial charge in [-0.2, -0.15) is 0 Å². The molecule has 2 heterocycles. The Kier molecular flexibility index (Phi) is 3.52. The van der Waals surface area contributed by atoms with Gasteiger partial charge in [0.05, 0.1) is 5.69 Å². The van der Waals surface area contributed by atoms with Gasteiger partial charge in [-0.15, -0.1) is 0 Å². The highest BCUT2D eigenvalue weighted by molar-refractivity contribution is 7.99. The maximum atomic E-state index is 8.72. The summed E-state index contributed by atoms with van der Waals surface area (Å²) in [7, 11) is 0. The van der Waals surface area contributed by atoms with Gasteiger partial charge in [0, 0.05) is 22.9 Å². The highest BCUT2D eigenvalue weighted by atomic mass is 32.2. The van der Waals surface area contributed by atoms with Crippen molar-refractivity contribution in [3.8, 4) is 0 Å². The van der Waals surface area contributed by atoms with Crippen molar-refractivity contribution >= 4 is 17.6 Å². The largest absolute Gasteiger partial charge is 0.436 e. The summed E-state index contributed by atoms with van der Waals surface area (Å²) >= 11 is 1.28. The Morgan fingerprint density at radius 1 is 1.50 bits per heavy atom. The van der Waals surface area contributed by atoms with E-state index in [1.54, 1.807) is 18.5 Å². The molecular formula is C11H12N4O2S. The summed E-state index contributed by atoms with van der Waals surface area (Å²) in [5.74, 6) is 0.798. The number of pyridine rings is 1. The van der Waals surface area contributed by atoms with Crippen LogP contribution in [0.2, 0.25) is 0 Å². The zero-order valence-electron chi connectivity index (χ0n) is 9.91. The average Bonchev–Trinajstić information content (AvgIpc) is 2.68. The number of nitrogens with two attached hydrogens (primary N) is 1. The van der Waals surface area contributed by atoms with Crippen LogP contribution >= 0.6 is 11.8 Å². The molecule has 0 unspecified atom stereocenters. The van der Waals surface area contributed by atoms with Crippen molar-refractivity contribution in [1.29, 1.82) is 0 Å². The number of amidine groups is 1. The molecule has 3 N–H and O–H groups in total. The first-order chi connectivity index (χ1) is 8.61. The van der Waals surface area contributed by atoms with E-state index in [1.807, 2.05) is 13.8 Å². The van der Waals surface area contributed by atoms with Crippen molar-refractivity contribution in [2.45, 2.75) is 24.0 Å². The minimum atomic E-state index is 0.0277. The lowest BCUT2D eigenvalue weighted by Gasteiger charge is -2.04. The van der Waals surface area contributed by atoms with Gasteiger partial charge in [-0.1, -0.05) is 5.16 Å². The molecule has 0 saturated heterocycles. The Hall–Kier alpha value is -2.02. The maximum absolute atomic E-state index is 8.72. The first kappa shape index (κ1) is 12.4. The van der Waals surface area contributed by atoms with E-state index in [2.05, 4.69) is 15.1 Å². The van der Waals surface area contributed by atoms with Gasteiger partial charge in [0.15, 0.2) is 5.84 Å². The third-order valence-corrected chi connectivity index (χ3v) is 3.27. The van der Waals surface area contributed by atoms with E-state index in [0.717, 1.165) is 11.5 Å². The Bertz CT molecular complexity index is 575. The second-order valence-electron chi connectivity index (χ2n) is 3.58. The normalized spacial score (nSPS) is 11.8. The van der Waals surface area contributed by atoms with Gasteiger partial charge in [-0.05, 0) is 31.7 Å². The molecular weight excluding hydrogens is 252 g/mol. The van der Waals surface area contributed by atoms with Crippen molar-refractivity contribution in [3.05, 3.63) is 35.5 Å². The minimum absolute atomic E-state index is 0.0277. The van der Waals surface area contributed by atoms with Crippen LogP contribution in [-0.4, -0.2) is 21.0 Å². The summed E-state index contributed by atoms with van der Waals surface area (Å²) in [6.07, 6.45) is 3.19. The van der Waals surface area contributed by atoms with Gasteiger partial charge in [0.2, 0.25) is 0 Å². The molecule has 0 amide bonds. The molecule has 2 aromatic heterocycles. The Labute approximate surface area is 108 Å². The lowest BCUT2D eigenvalue weighted by molar-refractivity contribution is 0.318. The summed E-state index contributed by atoms with van der Waals surface area (Å²) in [6.45, 7) is 3.72. The van der Waals surface area contributed by atoms with Crippen molar-refractivity contribution in [2.24, 2.45) is 10.9 Å². The second-order valence-corrected chi connectivity index (χ2v) is 4.57. The molecule has 0 atom stereocenters. The first-order valence-corrected chi connectivity index (χ1v) is 5.97. The van der Waals surface area contributed by atoms with Crippen molar-refractivity contribution in [3.63, 3.8) is 0 Å². The summed E-state index contributed by atoms with van der Waals surface area (Å²) in [5, 5.41) is 12.2. The Morgan fingerprint density at radius 2 is 2.28 bits per heavy atom. The first-order valence-electron chi connectivity index (χ1n) is 5.15. The molecule has 2 rings (SSSR count). The zero-order valence-corrected chi connectivity index (χ0v) is 10.7. The Morgan fingerprint density at radius 3 is 2.89 bits per heavy atom. The standard InChI is InChI=1S/C11H12N4O2S/c1-6-7(2)17-11(14-6)18-9-5-13-4-3-8(9)10(12)15-16/h3-5,16H,1-2H3,(H2,12,15). The fraction of sp³-hybridized carbons (Fsp3) is 0.182. The molecule has 0 fully saturated rings. The summed E-state index contributed by atoms with van der Waals surface area (Å²) in [4.78, 5) is 8.98. The molecule has 0 bridgehead atoms. The van der Waals surface area contributed by atoms with Gasteiger partial charge in [-0.3, -0.25) is 4.98 Å². The van der Waals surface area contributed by atoms with Crippen LogP contribution in [0.25, 0.3) is 0 Å². The lowest BCUT2D eigenvalue weighted by Crippen LogP contribution is -2.14. The predicted molar refractivity (Wildman–Crippen MR) is 66.8 cm³/mol. The molecule has 6 nitrogen and oxygen atoms in total. The molecule has 0 spiro atoms. The SMILES string of the molecule is Cc1nc(Sc2cnccc2/C(N)=N/O)oc1C. The van der Waals surface area contributed by atoms with Crippen LogP contribution in [0.5, 0.6) is 0 Å². The number of hydrogen-bond acceptors (Lipinski definition) is 6.